The zero-order valence-corrected chi connectivity index (χ0v) is 14.4. The highest BCUT2D eigenvalue weighted by Crippen LogP contribution is 2.30. The fourth-order valence-corrected chi connectivity index (χ4v) is 3.13. The lowest BCUT2D eigenvalue weighted by molar-refractivity contribution is 0.211. The average Bonchev–Trinajstić information content (AvgIpc) is 2.64. The standard InChI is InChI=1S/C19H25N3O2/c1-23-17-5-6-19(24-2)18(12-17)21-16-7-10-22(11-8-16)14-15-4-3-9-20-13-15/h3-6,9,12-13,16,21H,7-8,10-11,14H2,1-2H3. The van der Waals surface area contributed by atoms with Gasteiger partial charge >= 0.3 is 0 Å². The number of methoxy groups -OCH3 is 2. The van der Waals surface area contributed by atoms with E-state index in [1.54, 1.807) is 14.2 Å². The molecule has 5 nitrogen and oxygen atoms in total. The molecule has 0 spiro atoms. The summed E-state index contributed by atoms with van der Waals surface area (Å²) < 4.78 is 10.8. The van der Waals surface area contributed by atoms with Crippen molar-refractivity contribution in [1.82, 2.24) is 9.88 Å². The molecule has 0 radical (unpaired) electrons. The Morgan fingerprint density at radius 1 is 1.17 bits per heavy atom. The second kappa shape index (κ2) is 8.02. The molecule has 24 heavy (non-hydrogen) atoms. The predicted molar refractivity (Wildman–Crippen MR) is 95.7 cm³/mol. The molecule has 0 atom stereocenters. The van der Waals surface area contributed by atoms with Crippen molar-refractivity contribution in [3.8, 4) is 11.5 Å². The van der Waals surface area contributed by atoms with Gasteiger partial charge in [0.25, 0.3) is 0 Å². The van der Waals surface area contributed by atoms with Crippen LogP contribution in [0.3, 0.4) is 0 Å². The van der Waals surface area contributed by atoms with Crippen molar-refractivity contribution >= 4 is 5.69 Å². The van der Waals surface area contributed by atoms with E-state index in [1.807, 2.05) is 36.7 Å². The molecule has 0 bridgehead atoms. The second-order valence-corrected chi connectivity index (χ2v) is 6.12. The number of ether oxygens (including phenoxy) is 2. The topological polar surface area (TPSA) is 46.6 Å². The van der Waals surface area contributed by atoms with Gasteiger partial charge in [0.1, 0.15) is 11.5 Å². The van der Waals surface area contributed by atoms with E-state index < -0.39 is 0 Å². The van der Waals surface area contributed by atoms with Crippen LogP contribution in [0.1, 0.15) is 18.4 Å². The quantitative estimate of drug-likeness (QED) is 0.883. The predicted octanol–water partition coefficient (Wildman–Crippen LogP) is 3.18. The van der Waals surface area contributed by atoms with Crippen LogP contribution >= 0.6 is 0 Å². The molecule has 128 valence electrons. The number of rotatable bonds is 6. The maximum absolute atomic E-state index is 5.45. The highest BCUT2D eigenvalue weighted by Gasteiger charge is 2.20. The molecule has 0 aliphatic carbocycles. The van der Waals surface area contributed by atoms with Gasteiger partial charge in [0, 0.05) is 44.1 Å². The second-order valence-electron chi connectivity index (χ2n) is 6.12. The SMILES string of the molecule is COc1ccc(OC)c(NC2CCN(Cc3cccnc3)CC2)c1. The maximum Gasteiger partial charge on any atom is 0.142 e. The van der Waals surface area contributed by atoms with Gasteiger partial charge in [-0.05, 0) is 36.6 Å². The summed E-state index contributed by atoms with van der Waals surface area (Å²) in [5, 5.41) is 3.62. The first-order chi connectivity index (χ1) is 11.8. The number of anilines is 1. The third kappa shape index (κ3) is 4.17. The van der Waals surface area contributed by atoms with Crippen molar-refractivity contribution in [2.45, 2.75) is 25.4 Å². The number of hydrogen-bond donors (Lipinski definition) is 1. The molecule has 0 amide bonds. The molecule has 1 N–H and O–H groups in total. The molecule has 1 aromatic heterocycles. The Hall–Kier alpha value is -2.27. The molecule has 2 heterocycles. The number of hydrogen-bond acceptors (Lipinski definition) is 5. The summed E-state index contributed by atoms with van der Waals surface area (Å²) in [5.74, 6) is 1.70. The number of pyridine rings is 1. The number of aromatic nitrogens is 1. The lowest BCUT2D eigenvalue weighted by Crippen LogP contribution is -2.38. The van der Waals surface area contributed by atoms with Crippen LogP contribution in [0.2, 0.25) is 0 Å². The van der Waals surface area contributed by atoms with Crippen LogP contribution in [0.15, 0.2) is 42.7 Å². The fourth-order valence-electron chi connectivity index (χ4n) is 3.13. The summed E-state index contributed by atoms with van der Waals surface area (Å²) in [7, 11) is 3.38. The Labute approximate surface area is 143 Å². The Balaban J connectivity index is 1.55. The highest BCUT2D eigenvalue weighted by molar-refractivity contribution is 5.60. The first-order valence-electron chi connectivity index (χ1n) is 8.38. The Morgan fingerprint density at radius 3 is 2.67 bits per heavy atom. The first kappa shape index (κ1) is 16.6. The van der Waals surface area contributed by atoms with Gasteiger partial charge < -0.3 is 14.8 Å². The van der Waals surface area contributed by atoms with E-state index in [2.05, 4.69) is 21.3 Å². The normalized spacial score (nSPS) is 15.9. The summed E-state index contributed by atoms with van der Waals surface area (Å²) >= 11 is 0. The largest absolute Gasteiger partial charge is 0.497 e. The van der Waals surface area contributed by atoms with E-state index in [9.17, 15) is 0 Å². The molecule has 3 rings (SSSR count). The van der Waals surface area contributed by atoms with Gasteiger partial charge in [-0.2, -0.15) is 0 Å². The molecule has 1 aliphatic rings. The summed E-state index contributed by atoms with van der Waals surface area (Å²) in [5.41, 5.74) is 2.28. The maximum atomic E-state index is 5.45. The Bertz CT molecular complexity index is 640. The average molecular weight is 327 g/mol. The van der Waals surface area contributed by atoms with Crippen molar-refractivity contribution in [3.63, 3.8) is 0 Å². The molecule has 2 aromatic rings. The van der Waals surface area contributed by atoms with Crippen LogP contribution in [0.4, 0.5) is 5.69 Å². The monoisotopic (exact) mass is 327 g/mol. The lowest BCUT2D eigenvalue weighted by atomic mass is 10.0. The van der Waals surface area contributed by atoms with E-state index in [1.165, 1.54) is 5.56 Å². The van der Waals surface area contributed by atoms with Crippen LogP contribution in [-0.2, 0) is 6.54 Å². The molecule has 1 aromatic carbocycles. The molecule has 1 fully saturated rings. The van der Waals surface area contributed by atoms with E-state index in [0.717, 1.165) is 49.7 Å². The van der Waals surface area contributed by atoms with Gasteiger partial charge in [0.2, 0.25) is 0 Å². The number of nitrogens with zero attached hydrogens (tertiary/aromatic N) is 2. The summed E-state index contributed by atoms with van der Waals surface area (Å²) in [6, 6.07) is 10.5. The van der Waals surface area contributed by atoms with Crippen molar-refractivity contribution in [2.24, 2.45) is 0 Å². The fraction of sp³-hybridized carbons (Fsp3) is 0.421. The smallest absolute Gasteiger partial charge is 0.142 e. The zero-order valence-electron chi connectivity index (χ0n) is 14.4. The molecule has 0 saturated carbocycles. The van der Waals surface area contributed by atoms with E-state index in [4.69, 9.17) is 9.47 Å². The molecular formula is C19H25N3O2. The third-order valence-electron chi connectivity index (χ3n) is 4.48. The summed E-state index contributed by atoms with van der Waals surface area (Å²) in [6.45, 7) is 3.14. The highest BCUT2D eigenvalue weighted by atomic mass is 16.5. The zero-order chi connectivity index (χ0) is 16.8. The minimum absolute atomic E-state index is 0.455. The number of likely N-dealkylation sites (tertiary alicyclic amines) is 1. The van der Waals surface area contributed by atoms with E-state index in [-0.39, 0.29) is 0 Å². The van der Waals surface area contributed by atoms with Gasteiger partial charge in [0.15, 0.2) is 0 Å². The van der Waals surface area contributed by atoms with E-state index >= 15 is 0 Å². The minimum Gasteiger partial charge on any atom is -0.497 e. The van der Waals surface area contributed by atoms with Crippen molar-refractivity contribution in [2.75, 3.05) is 32.6 Å². The number of benzene rings is 1. The van der Waals surface area contributed by atoms with Crippen LogP contribution in [0.25, 0.3) is 0 Å². The van der Waals surface area contributed by atoms with Crippen molar-refractivity contribution in [3.05, 3.63) is 48.3 Å². The van der Waals surface area contributed by atoms with Gasteiger partial charge in [-0.25, -0.2) is 0 Å². The summed E-state index contributed by atoms with van der Waals surface area (Å²) in [6.07, 6.45) is 5.99. The van der Waals surface area contributed by atoms with E-state index in [0.29, 0.717) is 6.04 Å². The first-order valence-corrected chi connectivity index (χ1v) is 8.38. The van der Waals surface area contributed by atoms with Gasteiger partial charge in [-0.15, -0.1) is 0 Å². The van der Waals surface area contributed by atoms with Crippen molar-refractivity contribution < 1.29 is 9.47 Å². The molecule has 1 saturated heterocycles. The number of piperidine rings is 1. The Kier molecular flexibility index (Phi) is 5.54. The van der Waals surface area contributed by atoms with Gasteiger partial charge in [0.05, 0.1) is 19.9 Å². The minimum atomic E-state index is 0.455. The van der Waals surface area contributed by atoms with Crippen LogP contribution in [0.5, 0.6) is 11.5 Å². The van der Waals surface area contributed by atoms with Crippen LogP contribution in [0, 0.1) is 0 Å². The molecular weight excluding hydrogens is 302 g/mol. The molecule has 0 unspecified atom stereocenters. The van der Waals surface area contributed by atoms with Crippen LogP contribution in [-0.4, -0.2) is 43.2 Å². The third-order valence-corrected chi connectivity index (χ3v) is 4.48. The van der Waals surface area contributed by atoms with Crippen molar-refractivity contribution in [1.29, 1.82) is 0 Å². The van der Waals surface area contributed by atoms with Gasteiger partial charge in [-0.1, -0.05) is 6.07 Å². The molecule has 1 aliphatic heterocycles. The Morgan fingerprint density at radius 2 is 2.00 bits per heavy atom. The summed E-state index contributed by atoms with van der Waals surface area (Å²) in [4.78, 5) is 6.68. The lowest BCUT2D eigenvalue weighted by Gasteiger charge is -2.33. The van der Waals surface area contributed by atoms with Crippen LogP contribution < -0.4 is 14.8 Å². The number of nitrogens with one attached hydrogen (secondary N) is 1. The molecule has 5 heteroatoms. The van der Waals surface area contributed by atoms with Gasteiger partial charge in [-0.3, -0.25) is 9.88 Å².